The molecule has 1 aliphatic heterocycles. The average Bonchev–Trinajstić information content (AvgIpc) is 3.04. The molecule has 1 fully saturated rings. The summed E-state index contributed by atoms with van der Waals surface area (Å²) in [7, 11) is 1.26. The summed E-state index contributed by atoms with van der Waals surface area (Å²) >= 11 is 1.10. The quantitative estimate of drug-likeness (QED) is 0.501. The molecule has 0 aromatic heterocycles. The first kappa shape index (κ1) is 22.3. The molecule has 8 heteroatoms. The first-order chi connectivity index (χ1) is 14.9. The molecule has 0 saturated carbocycles. The zero-order valence-corrected chi connectivity index (χ0v) is 18.3. The van der Waals surface area contributed by atoms with E-state index in [0.717, 1.165) is 22.9 Å². The summed E-state index contributed by atoms with van der Waals surface area (Å²) in [4.78, 5) is 42.8. The van der Waals surface area contributed by atoms with E-state index in [1.807, 2.05) is 31.2 Å². The molecule has 160 valence electrons. The lowest BCUT2D eigenvalue weighted by atomic mass is 10.1. The molecule has 7 nitrogen and oxygen atoms in total. The number of benzene rings is 2. The van der Waals surface area contributed by atoms with Crippen molar-refractivity contribution in [2.75, 3.05) is 13.7 Å². The highest BCUT2D eigenvalue weighted by Gasteiger charge is 2.34. The molecular weight excluding hydrogens is 416 g/mol. The van der Waals surface area contributed by atoms with E-state index in [1.54, 1.807) is 31.2 Å². The summed E-state index contributed by atoms with van der Waals surface area (Å²) in [6.07, 6.45) is 1.17. The number of carbonyl (C=O) groups excluding carboxylic acids is 3. The number of hydrogen-bond donors (Lipinski definition) is 0. The Morgan fingerprint density at radius 3 is 2.39 bits per heavy atom. The average molecular weight is 439 g/mol. The van der Waals surface area contributed by atoms with E-state index in [2.05, 4.69) is 9.73 Å². The van der Waals surface area contributed by atoms with Crippen LogP contribution in [0.3, 0.4) is 0 Å². The van der Waals surface area contributed by atoms with Crippen molar-refractivity contribution in [3.63, 3.8) is 0 Å². The lowest BCUT2D eigenvalue weighted by molar-refractivity contribution is -0.135. The number of nitrogens with zero attached hydrogens (tertiary/aromatic N) is 2. The molecule has 0 spiro atoms. The first-order valence-electron chi connectivity index (χ1n) is 9.62. The van der Waals surface area contributed by atoms with Gasteiger partial charge in [0.2, 0.25) is 0 Å². The van der Waals surface area contributed by atoms with E-state index >= 15 is 0 Å². The van der Waals surface area contributed by atoms with Crippen LogP contribution in [0.5, 0.6) is 0 Å². The fourth-order valence-electron chi connectivity index (χ4n) is 2.77. The van der Waals surface area contributed by atoms with E-state index in [9.17, 15) is 14.4 Å². The van der Waals surface area contributed by atoms with Crippen LogP contribution in [0.1, 0.15) is 28.4 Å². The van der Waals surface area contributed by atoms with Gasteiger partial charge in [0.1, 0.15) is 0 Å². The number of carbonyl (C=O) groups is 3. The maximum absolute atomic E-state index is 12.9. The normalized spacial score (nSPS) is 16.1. The third-order valence-corrected chi connectivity index (χ3v) is 5.41. The lowest BCUT2D eigenvalue weighted by Crippen LogP contribution is -2.28. The van der Waals surface area contributed by atoms with Crippen molar-refractivity contribution in [3.8, 4) is 0 Å². The van der Waals surface area contributed by atoms with Gasteiger partial charge >= 0.3 is 11.9 Å². The number of amides is 1. The topological polar surface area (TPSA) is 85.3 Å². The molecule has 1 heterocycles. The molecule has 0 bridgehead atoms. The Kier molecular flexibility index (Phi) is 7.25. The van der Waals surface area contributed by atoms with Crippen molar-refractivity contribution in [1.82, 2.24) is 4.90 Å². The van der Waals surface area contributed by atoms with Crippen molar-refractivity contribution in [2.24, 2.45) is 4.99 Å². The molecule has 2 aromatic carbocycles. The number of thioether (sulfide) groups is 1. The monoisotopic (exact) mass is 438 g/mol. The molecule has 0 atom stereocenters. The Balaban J connectivity index is 1.91. The van der Waals surface area contributed by atoms with Crippen LogP contribution >= 0.6 is 11.8 Å². The molecule has 1 amide bonds. The summed E-state index contributed by atoms with van der Waals surface area (Å²) in [6.45, 7) is 4.34. The van der Waals surface area contributed by atoms with Crippen LogP contribution in [-0.4, -0.2) is 41.6 Å². The lowest BCUT2D eigenvalue weighted by Gasteiger charge is -2.16. The molecule has 0 unspecified atom stereocenters. The first-order valence-corrected chi connectivity index (χ1v) is 10.4. The Morgan fingerprint density at radius 2 is 1.77 bits per heavy atom. The summed E-state index contributed by atoms with van der Waals surface area (Å²) in [5.74, 6) is -1.33. The highest BCUT2D eigenvalue weighted by atomic mass is 32.2. The second-order valence-corrected chi connectivity index (χ2v) is 7.68. The van der Waals surface area contributed by atoms with Gasteiger partial charge in [0.25, 0.3) is 5.91 Å². The van der Waals surface area contributed by atoms with Gasteiger partial charge in [-0.2, -0.15) is 0 Å². The Labute approximate surface area is 184 Å². The number of ether oxygens (including phenoxy) is 2. The Bertz CT molecular complexity index is 1040. The standard InChI is InChI=1S/C23H22N2O5S/c1-4-30-22(28)17-9-11-18(12-10-17)24-23-25(14-16-7-5-15(2)6-8-16)21(27)19(31-23)13-20(26)29-3/h5-13H,4,14H2,1-3H3. The molecule has 0 aliphatic carbocycles. The summed E-state index contributed by atoms with van der Waals surface area (Å²) in [5.41, 5.74) is 3.04. The molecule has 2 aromatic rings. The summed E-state index contributed by atoms with van der Waals surface area (Å²) < 4.78 is 9.64. The zero-order valence-electron chi connectivity index (χ0n) is 17.5. The van der Waals surface area contributed by atoms with Gasteiger partial charge in [-0.1, -0.05) is 29.8 Å². The van der Waals surface area contributed by atoms with Gasteiger partial charge in [0, 0.05) is 6.08 Å². The SMILES string of the molecule is CCOC(=O)c1ccc(N=C2SC(=CC(=O)OC)C(=O)N2Cc2ccc(C)cc2)cc1. The van der Waals surface area contributed by atoms with Crippen molar-refractivity contribution in [2.45, 2.75) is 20.4 Å². The van der Waals surface area contributed by atoms with E-state index < -0.39 is 11.9 Å². The largest absolute Gasteiger partial charge is 0.466 e. The van der Waals surface area contributed by atoms with Crippen LogP contribution in [0.2, 0.25) is 0 Å². The van der Waals surface area contributed by atoms with Crippen LogP contribution in [0, 0.1) is 6.92 Å². The van der Waals surface area contributed by atoms with Crippen LogP contribution in [0.4, 0.5) is 5.69 Å². The van der Waals surface area contributed by atoms with Crippen LogP contribution in [0.25, 0.3) is 0 Å². The minimum atomic E-state index is -0.605. The molecule has 1 saturated heterocycles. The molecular formula is C23H22N2O5S. The van der Waals surface area contributed by atoms with Crippen LogP contribution in [0.15, 0.2) is 64.5 Å². The maximum atomic E-state index is 12.9. The number of aryl methyl sites for hydroxylation is 1. The van der Waals surface area contributed by atoms with E-state index in [1.165, 1.54) is 18.1 Å². The molecule has 31 heavy (non-hydrogen) atoms. The fraction of sp³-hybridized carbons (Fsp3) is 0.217. The minimum Gasteiger partial charge on any atom is -0.466 e. The van der Waals surface area contributed by atoms with Gasteiger partial charge in [-0.25, -0.2) is 14.6 Å². The molecule has 1 aliphatic rings. The number of amidine groups is 1. The Morgan fingerprint density at radius 1 is 1.10 bits per heavy atom. The maximum Gasteiger partial charge on any atom is 0.338 e. The third kappa shape index (κ3) is 5.61. The minimum absolute atomic E-state index is 0.237. The highest BCUT2D eigenvalue weighted by Crippen LogP contribution is 2.34. The number of rotatable bonds is 6. The Hall–Kier alpha value is -3.39. The van der Waals surface area contributed by atoms with Gasteiger partial charge in [0.15, 0.2) is 5.17 Å². The van der Waals surface area contributed by atoms with Crippen LogP contribution in [-0.2, 0) is 25.6 Å². The second kappa shape index (κ2) is 10.1. The number of methoxy groups -OCH3 is 1. The molecule has 3 rings (SSSR count). The number of hydrogen-bond acceptors (Lipinski definition) is 7. The highest BCUT2D eigenvalue weighted by molar-refractivity contribution is 8.18. The predicted molar refractivity (Wildman–Crippen MR) is 119 cm³/mol. The summed E-state index contributed by atoms with van der Waals surface area (Å²) in [6, 6.07) is 14.4. The van der Waals surface area contributed by atoms with Gasteiger partial charge in [-0.15, -0.1) is 0 Å². The van der Waals surface area contributed by atoms with E-state index in [4.69, 9.17) is 4.74 Å². The molecule has 0 N–H and O–H groups in total. The predicted octanol–water partition coefficient (Wildman–Crippen LogP) is 3.99. The fourth-order valence-corrected chi connectivity index (χ4v) is 3.73. The van der Waals surface area contributed by atoms with E-state index in [-0.39, 0.29) is 10.8 Å². The molecule has 0 radical (unpaired) electrons. The third-order valence-electron chi connectivity index (χ3n) is 4.40. The van der Waals surface area contributed by atoms with Crippen molar-refractivity contribution in [3.05, 3.63) is 76.2 Å². The second-order valence-electron chi connectivity index (χ2n) is 6.67. The van der Waals surface area contributed by atoms with Crippen molar-refractivity contribution < 1.29 is 23.9 Å². The number of aliphatic imine (C=N–C) groups is 1. The number of esters is 2. The van der Waals surface area contributed by atoms with Gasteiger partial charge in [0.05, 0.1) is 36.4 Å². The van der Waals surface area contributed by atoms with Gasteiger partial charge in [-0.3, -0.25) is 9.69 Å². The van der Waals surface area contributed by atoms with Gasteiger partial charge < -0.3 is 9.47 Å². The van der Waals surface area contributed by atoms with E-state index in [0.29, 0.717) is 29.6 Å². The zero-order chi connectivity index (χ0) is 22.4. The van der Waals surface area contributed by atoms with Gasteiger partial charge in [-0.05, 0) is 55.4 Å². The van der Waals surface area contributed by atoms with Crippen molar-refractivity contribution in [1.29, 1.82) is 0 Å². The van der Waals surface area contributed by atoms with Crippen LogP contribution < -0.4 is 0 Å². The summed E-state index contributed by atoms with van der Waals surface area (Å²) in [5, 5.41) is 0.435. The smallest absolute Gasteiger partial charge is 0.338 e. The van der Waals surface area contributed by atoms with Crippen molar-refractivity contribution >= 4 is 40.5 Å².